The van der Waals surface area contributed by atoms with E-state index in [0.717, 1.165) is 71.0 Å². The molecule has 248 valence electrons. The number of ketones is 1. The van der Waals surface area contributed by atoms with Crippen LogP contribution in [0.15, 0.2) is 11.6 Å². The molecule has 1 amide bonds. The van der Waals surface area contributed by atoms with E-state index >= 15 is 0 Å². The molecule has 8 atom stereocenters. The summed E-state index contributed by atoms with van der Waals surface area (Å²) < 4.78 is 5.53. The van der Waals surface area contributed by atoms with Gasteiger partial charge in [-0.15, -0.1) is 0 Å². The molecule has 0 spiro atoms. The number of methoxy groups -OCH3 is 1. The van der Waals surface area contributed by atoms with Crippen LogP contribution in [0, 0.1) is 56.2 Å². The maximum absolute atomic E-state index is 14.0. The van der Waals surface area contributed by atoms with Crippen molar-refractivity contribution in [3.05, 3.63) is 11.6 Å². The number of ether oxygens (including phenoxy) is 1. The van der Waals surface area contributed by atoms with Gasteiger partial charge >= 0.3 is 5.97 Å². The standard InChI is InChI=1S/C38H62N2O4/c1-11-40(12-2)22-21-39-31(42)25-23-35(7)28(34(5,6)30(25)41)15-16-37(9)29(35)14-13-26-27-24-33(3,4)17-19-38(27,32(43)44-10)20-18-36(26,37)8/h13,25,27-29H,11-12,14-24H2,1-10H3,(H,39,42)/t25?,27?,28?,29?,35-,36+,37?,38-/m0/s1. The molecule has 0 aromatic carbocycles. The lowest BCUT2D eigenvalue weighted by Gasteiger charge is -2.71. The van der Waals surface area contributed by atoms with Gasteiger partial charge in [0.05, 0.1) is 18.4 Å². The van der Waals surface area contributed by atoms with Gasteiger partial charge in [0.1, 0.15) is 0 Å². The molecule has 1 N–H and O–H groups in total. The van der Waals surface area contributed by atoms with Gasteiger partial charge in [0.15, 0.2) is 5.78 Å². The summed E-state index contributed by atoms with van der Waals surface area (Å²) >= 11 is 0. The molecule has 0 radical (unpaired) electrons. The van der Waals surface area contributed by atoms with Crippen molar-refractivity contribution in [1.29, 1.82) is 0 Å². The Morgan fingerprint density at radius 2 is 1.59 bits per heavy atom. The maximum Gasteiger partial charge on any atom is 0.312 e. The molecule has 6 nitrogen and oxygen atoms in total. The highest BCUT2D eigenvalue weighted by Gasteiger charge is 2.70. The van der Waals surface area contributed by atoms with Gasteiger partial charge in [-0.05, 0) is 110 Å². The van der Waals surface area contributed by atoms with Crippen LogP contribution < -0.4 is 5.32 Å². The number of nitrogens with one attached hydrogen (secondary N) is 1. The van der Waals surface area contributed by atoms with Gasteiger partial charge in [0, 0.05) is 18.5 Å². The van der Waals surface area contributed by atoms with E-state index in [9.17, 15) is 14.4 Å². The minimum atomic E-state index is -0.596. The molecule has 5 rings (SSSR count). The lowest BCUT2D eigenvalue weighted by molar-refractivity contribution is -0.196. The van der Waals surface area contributed by atoms with Crippen LogP contribution in [0.4, 0.5) is 0 Å². The Kier molecular flexibility index (Phi) is 8.59. The summed E-state index contributed by atoms with van der Waals surface area (Å²) in [5.74, 6) is 0.299. The first kappa shape index (κ1) is 33.7. The van der Waals surface area contributed by atoms with E-state index in [0.29, 0.717) is 18.9 Å². The molecule has 0 aliphatic heterocycles. The zero-order valence-electron chi connectivity index (χ0n) is 29.7. The summed E-state index contributed by atoms with van der Waals surface area (Å²) in [4.78, 5) is 43.6. The van der Waals surface area contributed by atoms with Gasteiger partial charge in [-0.1, -0.05) is 74.0 Å². The number of Topliss-reactive ketones (excluding diaryl/α,β-unsaturated/α-hetero) is 1. The van der Waals surface area contributed by atoms with Crippen molar-refractivity contribution in [2.24, 2.45) is 56.2 Å². The van der Waals surface area contributed by atoms with Gasteiger partial charge in [0.25, 0.3) is 0 Å². The summed E-state index contributed by atoms with van der Waals surface area (Å²) in [6.45, 7) is 24.0. The number of hydrogen-bond acceptors (Lipinski definition) is 5. The number of carbonyl (C=O) groups excluding carboxylic acids is 3. The summed E-state index contributed by atoms with van der Waals surface area (Å²) in [5, 5.41) is 3.17. The SMILES string of the molecule is CCN(CC)CCNC(=O)C1C[C@@]2(C)C(CCC3(C)C2CC=C2C4CC(C)(C)CC[C@]4(C(=O)OC)CC[C@]23C)C(C)(C)C1=O. The lowest BCUT2D eigenvalue weighted by atomic mass is 9.33. The van der Waals surface area contributed by atoms with Crippen LogP contribution in [-0.4, -0.2) is 55.8 Å². The first-order valence-corrected chi connectivity index (χ1v) is 17.8. The van der Waals surface area contributed by atoms with E-state index in [1.165, 1.54) is 5.57 Å². The zero-order chi connectivity index (χ0) is 32.5. The number of carbonyl (C=O) groups is 3. The molecule has 4 saturated carbocycles. The predicted octanol–water partition coefficient (Wildman–Crippen LogP) is 7.21. The minimum absolute atomic E-state index is 0.00807. The molecule has 5 aliphatic carbocycles. The zero-order valence-corrected chi connectivity index (χ0v) is 29.7. The number of fused-ring (bicyclic) bond motifs is 7. The fraction of sp³-hybridized carbons (Fsp3) is 0.868. The maximum atomic E-state index is 14.0. The van der Waals surface area contributed by atoms with Crippen molar-refractivity contribution < 1.29 is 19.1 Å². The average molecular weight is 611 g/mol. The Hall–Kier alpha value is -1.69. The monoisotopic (exact) mass is 610 g/mol. The van der Waals surface area contributed by atoms with Crippen LogP contribution in [0.2, 0.25) is 0 Å². The quantitative estimate of drug-likeness (QED) is 0.187. The molecule has 0 bridgehead atoms. The molecule has 6 heteroatoms. The average Bonchev–Trinajstić information content (AvgIpc) is 2.96. The highest BCUT2D eigenvalue weighted by molar-refractivity contribution is 6.04. The van der Waals surface area contributed by atoms with Crippen LogP contribution >= 0.6 is 0 Å². The van der Waals surface area contributed by atoms with Crippen molar-refractivity contribution in [3.63, 3.8) is 0 Å². The first-order valence-electron chi connectivity index (χ1n) is 17.8. The molecule has 0 aromatic heterocycles. The Labute approximate surface area is 267 Å². The Balaban J connectivity index is 1.50. The summed E-state index contributed by atoms with van der Waals surface area (Å²) in [5.41, 5.74) is 0.646. The van der Waals surface area contributed by atoms with Crippen LogP contribution in [0.25, 0.3) is 0 Å². The molecule has 5 aliphatic rings. The number of amides is 1. The number of likely N-dealkylation sites (N-methyl/N-ethyl adjacent to an activating group) is 1. The molecule has 5 unspecified atom stereocenters. The van der Waals surface area contributed by atoms with E-state index in [4.69, 9.17) is 4.74 Å². The van der Waals surface area contributed by atoms with Crippen LogP contribution in [0.1, 0.15) is 120 Å². The van der Waals surface area contributed by atoms with Gasteiger partial charge in [-0.25, -0.2) is 0 Å². The van der Waals surface area contributed by atoms with E-state index in [2.05, 4.69) is 78.6 Å². The number of nitrogens with zero attached hydrogens (tertiary/aromatic N) is 1. The van der Waals surface area contributed by atoms with Crippen molar-refractivity contribution in [2.45, 2.75) is 120 Å². The molecular weight excluding hydrogens is 548 g/mol. The normalized spacial score (nSPS) is 42.2. The van der Waals surface area contributed by atoms with E-state index < -0.39 is 16.7 Å². The Bertz CT molecular complexity index is 1200. The van der Waals surface area contributed by atoms with Crippen molar-refractivity contribution in [3.8, 4) is 0 Å². The Morgan fingerprint density at radius 1 is 0.932 bits per heavy atom. The van der Waals surface area contributed by atoms with E-state index in [1.807, 2.05) is 0 Å². The van der Waals surface area contributed by atoms with Gasteiger partial charge < -0.3 is 15.0 Å². The summed E-state index contributed by atoms with van der Waals surface area (Å²) in [6, 6.07) is 0. The summed E-state index contributed by atoms with van der Waals surface area (Å²) in [6.07, 6.45) is 11.1. The van der Waals surface area contributed by atoms with Gasteiger partial charge in [-0.2, -0.15) is 0 Å². The summed E-state index contributed by atoms with van der Waals surface area (Å²) in [7, 11) is 1.57. The number of hydrogen-bond donors (Lipinski definition) is 1. The topological polar surface area (TPSA) is 75.7 Å². The third kappa shape index (κ3) is 4.77. The third-order valence-electron chi connectivity index (χ3n) is 14.9. The molecule has 0 aromatic rings. The van der Waals surface area contributed by atoms with Gasteiger partial charge in [-0.3, -0.25) is 14.4 Å². The molecule has 0 saturated heterocycles. The number of esters is 1. The predicted molar refractivity (Wildman–Crippen MR) is 176 cm³/mol. The number of rotatable bonds is 7. The second kappa shape index (κ2) is 11.2. The van der Waals surface area contributed by atoms with Crippen LogP contribution in [0.5, 0.6) is 0 Å². The van der Waals surface area contributed by atoms with E-state index in [-0.39, 0.29) is 51.2 Å². The van der Waals surface area contributed by atoms with Crippen LogP contribution in [-0.2, 0) is 19.1 Å². The lowest BCUT2D eigenvalue weighted by Crippen LogP contribution is -2.66. The largest absolute Gasteiger partial charge is 0.469 e. The first-order chi connectivity index (χ1) is 20.5. The number of allylic oxidation sites excluding steroid dienone is 2. The second-order valence-corrected chi connectivity index (χ2v) is 17.5. The molecular formula is C38H62N2O4. The van der Waals surface area contributed by atoms with Crippen molar-refractivity contribution in [2.75, 3.05) is 33.3 Å². The Morgan fingerprint density at radius 3 is 2.23 bits per heavy atom. The minimum Gasteiger partial charge on any atom is -0.469 e. The fourth-order valence-corrected chi connectivity index (χ4v) is 12.0. The van der Waals surface area contributed by atoms with Crippen molar-refractivity contribution >= 4 is 17.7 Å². The highest BCUT2D eigenvalue weighted by atomic mass is 16.5. The van der Waals surface area contributed by atoms with Crippen molar-refractivity contribution in [1.82, 2.24) is 10.2 Å². The molecule has 4 fully saturated rings. The van der Waals surface area contributed by atoms with Crippen LogP contribution in [0.3, 0.4) is 0 Å². The third-order valence-corrected chi connectivity index (χ3v) is 14.9. The second-order valence-electron chi connectivity index (χ2n) is 17.5. The fourth-order valence-electron chi connectivity index (χ4n) is 12.0. The molecule has 44 heavy (non-hydrogen) atoms. The highest BCUT2D eigenvalue weighted by Crippen LogP contribution is 2.75. The van der Waals surface area contributed by atoms with E-state index in [1.54, 1.807) is 7.11 Å². The van der Waals surface area contributed by atoms with Gasteiger partial charge in [0.2, 0.25) is 5.91 Å². The molecule has 0 heterocycles. The smallest absolute Gasteiger partial charge is 0.312 e.